The predicted molar refractivity (Wildman–Crippen MR) is 75.6 cm³/mol. The van der Waals surface area contributed by atoms with Crippen molar-refractivity contribution in [2.75, 3.05) is 12.4 Å². The number of nitrogens with zero attached hydrogens (tertiary/aromatic N) is 4. The van der Waals surface area contributed by atoms with Crippen molar-refractivity contribution in [1.82, 2.24) is 25.9 Å². The Morgan fingerprint density at radius 3 is 2.95 bits per heavy atom. The quantitative estimate of drug-likeness (QED) is 0.686. The number of likely N-dealkylation sites (N-methyl/N-ethyl adjacent to an activating group) is 1. The highest BCUT2D eigenvalue weighted by atomic mass is 16.1. The van der Waals surface area contributed by atoms with Gasteiger partial charge in [0.15, 0.2) is 0 Å². The van der Waals surface area contributed by atoms with Crippen LogP contribution in [-0.2, 0) is 11.2 Å². The molecule has 0 fully saturated rings. The van der Waals surface area contributed by atoms with E-state index in [4.69, 9.17) is 5.26 Å². The number of nitrogens with one attached hydrogen (secondary N) is 3. The van der Waals surface area contributed by atoms with E-state index in [1.165, 1.54) is 6.20 Å². The minimum atomic E-state index is -0.0908. The molecule has 1 aromatic heterocycles. The average molecular weight is 283 g/mol. The van der Waals surface area contributed by atoms with Gasteiger partial charge in [-0.1, -0.05) is 18.2 Å². The molecule has 0 saturated heterocycles. The highest BCUT2D eigenvalue weighted by molar-refractivity contribution is 5.81. The van der Waals surface area contributed by atoms with Crippen LogP contribution < -0.4 is 10.6 Å². The smallest absolute Gasteiger partial charge is 0.224 e. The maximum atomic E-state index is 11.5. The highest BCUT2D eigenvalue weighted by Crippen LogP contribution is 2.17. The molecule has 1 amide bonds. The Labute approximate surface area is 120 Å². The number of aromatic amines is 1. The normalized spacial score (nSPS) is 10.8. The summed E-state index contributed by atoms with van der Waals surface area (Å²) in [5.74, 6) is 0.112. The van der Waals surface area contributed by atoms with Crippen molar-refractivity contribution < 1.29 is 4.79 Å². The summed E-state index contributed by atoms with van der Waals surface area (Å²) >= 11 is 0. The fraction of sp³-hybridized carbons (Fsp3) is 0.154. The summed E-state index contributed by atoms with van der Waals surface area (Å²) in [7, 11) is 1.59. The number of H-pyrrole nitrogens is 1. The Kier molecular flexibility index (Phi) is 4.61. The third-order valence-corrected chi connectivity index (χ3v) is 2.73. The lowest BCUT2D eigenvalue weighted by molar-refractivity contribution is -0.119. The molecule has 0 aliphatic rings. The molecule has 2 aromatic rings. The largest absolute Gasteiger partial charge is 0.360 e. The van der Waals surface area contributed by atoms with Gasteiger partial charge in [-0.15, -0.1) is 10.2 Å². The number of carbonyl (C=O) groups is 1. The molecule has 3 N–H and O–H groups in total. The number of tetrazole rings is 1. The van der Waals surface area contributed by atoms with Crippen LogP contribution >= 0.6 is 0 Å². The van der Waals surface area contributed by atoms with Gasteiger partial charge in [-0.05, 0) is 16.8 Å². The Hall–Kier alpha value is -3.21. The Bertz CT molecular complexity index is 685. The van der Waals surface area contributed by atoms with Gasteiger partial charge in [-0.2, -0.15) is 10.5 Å². The first-order valence-corrected chi connectivity index (χ1v) is 6.13. The van der Waals surface area contributed by atoms with E-state index in [2.05, 4.69) is 31.3 Å². The SMILES string of the molecule is CNC(=O)Cc1ccccc1NC=C(C#N)c1nn[nH]n1. The molecule has 0 spiro atoms. The van der Waals surface area contributed by atoms with Gasteiger partial charge >= 0.3 is 0 Å². The number of benzene rings is 1. The van der Waals surface area contributed by atoms with Crippen LogP contribution in [0.25, 0.3) is 5.57 Å². The Balaban J connectivity index is 2.20. The number of hydrogen-bond acceptors (Lipinski definition) is 6. The van der Waals surface area contributed by atoms with E-state index in [9.17, 15) is 4.79 Å². The second-order valence-electron chi connectivity index (χ2n) is 4.06. The van der Waals surface area contributed by atoms with Gasteiger partial charge in [0.25, 0.3) is 0 Å². The number of rotatable bonds is 5. The van der Waals surface area contributed by atoms with E-state index < -0.39 is 0 Å². The highest BCUT2D eigenvalue weighted by Gasteiger charge is 2.08. The molecule has 21 heavy (non-hydrogen) atoms. The predicted octanol–water partition coefficient (Wildman–Crippen LogP) is 0.465. The Morgan fingerprint density at radius 2 is 2.29 bits per heavy atom. The van der Waals surface area contributed by atoms with Crippen molar-refractivity contribution in [2.45, 2.75) is 6.42 Å². The molecule has 106 valence electrons. The van der Waals surface area contributed by atoms with Crippen LogP contribution in [0.15, 0.2) is 30.5 Å². The summed E-state index contributed by atoms with van der Waals surface area (Å²) in [6, 6.07) is 9.32. The number of nitriles is 1. The van der Waals surface area contributed by atoms with Gasteiger partial charge in [0.2, 0.25) is 11.7 Å². The van der Waals surface area contributed by atoms with E-state index in [0.717, 1.165) is 11.3 Å². The van der Waals surface area contributed by atoms with Crippen LogP contribution in [0.4, 0.5) is 5.69 Å². The summed E-state index contributed by atoms with van der Waals surface area (Å²) in [5.41, 5.74) is 1.79. The zero-order valence-electron chi connectivity index (χ0n) is 11.3. The number of amides is 1. The minimum Gasteiger partial charge on any atom is -0.360 e. The molecule has 0 unspecified atom stereocenters. The maximum Gasteiger partial charge on any atom is 0.224 e. The molecular formula is C13H13N7O. The molecule has 1 aromatic carbocycles. The van der Waals surface area contributed by atoms with Gasteiger partial charge in [0.05, 0.1) is 6.42 Å². The summed E-state index contributed by atoms with van der Waals surface area (Å²) in [4.78, 5) is 11.5. The standard InChI is InChI=1S/C13H13N7O/c1-15-12(21)6-9-4-2-3-5-11(9)16-8-10(7-14)13-17-19-20-18-13/h2-5,8,16H,6H2,1H3,(H,15,21)(H,17,18,19,20). The molecule has 0 aliphatic heterocycles. The van der Waals surface area contributed by atoms with E-state index in [1.807, 2.05) is 30.3 Å². The fourth-order valence-electron chi connectivity index (χ4n) is 1.65. The Morgan fingerprint density at radius 1 is 1.48 bits per heavy atom. The molecule has 2 rings (SSSR count). The third-order valence-electron chi connectivity index (χ3n) is 2.73. The van der Waals surface area contributed by atoms with Gasteiger partial charge in [-0.25, -0.2) is 0 Å². The van der Waals surface area contributed by atoms with Crippen molar-refractivity contribution >= 4 is 17.2 Å². The van der Waals surface area contributed by atoms with Crippen LogP contribution in [0.1, 0.15) is 11.4 Å². The van der Waals surface area contributed by atoms with Crippen molar-refractivity contribution in [3.05, 3.63) is 41.9 Å². The van der Waals surface area contributed by atoms with Crippen LogP contribution in [0, 0.1) is 11.3 Å². The van der Waals surface area contributed by atoms with Crippen molar-refractivity contribution in [3.63, 3.8) is 0 Å². The van der Waals surface area contributed by atoms with Crippen LogP contribution in [-0.4, -0.2) is 33.6 Å². The number of allylic oxidation sites excluding steroid dienone is 1. The van der Waals surface area contributed by atoms with Crippen LogP contribution in [0.2, 0.25) is 0 Å². The van der Waals surface area contributed by atoms with Gasteiger partial charge in [-0.3, -0.25) is 4.79 Å². The second-order valence-corrected chi connectivity index (χ2v) is 4.06. The summed E-state index contributed by atoms with van der Waals surface area (Å²) in [5, 5.41) is 27.8. The lowest BCUT2D eigenvalue weighted by Gasteiger charge is -2.08. The number of anilines is 1. The molecule has 1 heterocycles. The topological polar surface area (TPSA) is 119 Å². The van der Waals surface area contributed by atoms with Crippen molar-refractivity contribution in [2.24, 2.45) is 0 Å². The molecule has 0 atom stereocenters. The average Bonchev–Trinajstić information content (AvgIpc) is 3.03. The third kappa shape index (κ3) is 3.63. The zero-order valence-corrected chi connectivity index (χ0v) is 11.3. The van der Waals surface area contributed by atoms with E-state index in [1.54, 1.807) is 7.05 Å². The first-order valence-electron chi connectivity index (χ1n) is 6.13. The summed E-state index contributed by atoms with van der Waals surface area (Å²) in [6.45, 7) is 0. The first kappa shape index (κ1) is 14.2. The molecule has 0 bridgehead atoms. The van der Waals surface area contributed by atoms with E-state index in [-0.39, 0.29) is 23.7 Å². The molecular weight excluding hydrogens is 270 g/mol. The fourth-order valence-corrected chi connectivity index (χ4v) is 1.65. The van der Waals surface area contributed by atoms with Gasteiger partial charge < -0.3 is 10.6 Å². The van der Waals surface area contributed by atoms with Crippen molar-refractivity contribution in [1.29, 1.82) is 5.26 Å². The molecule has 0 radical (unpaired) electrons. The van der Waals surface area contributed by atoms with Crippen molar-refractivity contribution in [3.8, 4) is 6.07 Å². The number of hydrogen-bond donors (Lipinski definition) is 3. The monoisotopic (exact) mass is 283 g/mol. The lowest BCUT2D eigenvalue weighted by atomic mass is 10.1. The molecule has 0 aliphatic carbocycles. The zero-order chi connectivity index (χ0) is 15.1. The van der Waals surface area contributed by atoms with Gasteiger partial charge in [0, 0.05) is 18.9 Å². The first-order chi connectivity index (χ1) is 10.2. The van der Waals surface area contributed by atoms with Gasteiger partial charge in [0.1, 0.15) is 11.6 Å². The second kappa shape index (κ2) is 6.81. The summed E-state index contributed by atoms with van der Waals surface area (Å²) < 4.78 is 0. The number of carbonyl (C=O) groups excluding carboxylic acids is 1. The molecule has 8 heteroatoms. The lowest BCUT2D eigenvalue weighted by Crippen LogP contribution is -2.20. The van der Waals surface area contributed by atoms with Crippen LogP contribution in [0.3, 0.4) is 0 Å². The molecule has 0 saturated carbocycles. The number of para-hydroxylation sites is 1. The molecule has 8 nitrogen and oxygen atoms in total. The van der Waals surface area contributed by atoms with E-state index in [0.29, 0.717) is 0 Å². The van der Waals surface area contributed by atoms with Crippen LogP contribution in [0.5, 0.6) is 0 Å². The number of aromatic nitrogens is 4. The maximum absolute atomic E-state index is 11.5. The minimum absolute atomic E-state index is 0.0908. The summed E-state index contributed by atoms with van der Waals surface area (Å²) in [6.07, 6.45) is 1.73. The van der Waals surface area contributed by atoms with E-state index >= 15 is 0 Å².